The first kappa shape index (κ1) is 20.6. The van der Waals surface area contributed by atoms with Gasteiger partial charge < -0.3 is 14.4 Å². The van der Waals surface area contributed by atoms with E-state index in [0.717, 1.165) is 36.3 Å². The third-order valence-corrected chi connectivity index (χ3v) is 6.22. The number of nitrogens with zero attached hydrogens (tertiary/aromatic N) is 5. The molecule has 1 amide bonds. The predicted molar refractivity (Wildman–Crippen MR) is 112 cm³/mol. The SMILES string of the molecule is Cc1nc(-c2cnn(C)c2COC(=O)N(C)CC2CCC2)cnc1OC1CCCC1. The lowest BCUT2D eigenvalue weighted by Gasteiger charge is -2.29. The Morgan fingerprint density at radius 3 is 2.63 bits per heavy atom. The maximum absolute atomic E-state index is 12.4. The second-order valence-electron chi connectivity index (χ2n) is 8.53. The zero-order valence-electron chi connectivity index (χ0n) is 18.1. The van der Waals surface area contributed by atoms with Gasteiger partial charge in [-0.1, -0.05) is 6.42 Å². The first-order chi connectivity index (χ1) is 14.5. The molecule has 0 aromatic carbocycles. The van der Waals surface area contributed by atoms with Crippen molar-refractivity contribution in [2.45, 2.75) is 64.6 Å². The molecule has 2 aromatic rings. The molecule has 0 unspecified atom stereocenters. The third-order valence-electron chi connectivity index (χ3n) is 6.22. The van der Waals surface area contributed by atoms with E-state index in [1.807, 2.05) is 14.0 Å². The summed E-state index contributed by atoms with van der Waals surface area (Å²) in [5, 5.41) is 4.33. The summed E-state index contributed by atoms with van der Waals surface area (Å²) in [5.74, 6) is 1.21. The fraction of sp³-hybridized carbons (Fsp3) is 0.636. The molecule has 162 valence electrons. The second-order valence-corrected chi connectivity index (χ2v) is 8.53. The smallest absolute Gasteiger partial charge is 0.409 e. The molecule has 4 rings (SSSR count). The fourth-order valence-electron chi connectivity index (χ4n) is 4.11. The van der Waals surface area contributed by atoms with Gasteiger partial charge in [0.1, 0.15) is 18.4 Å². The largest absolute Gasteiger partial charge is 0.473 e. The molecule has 2 aliphatic carbocycles. The molecule has 0 atom stereocenters. The van der Waals surface area contributed by atoms with Crippen LogP contribution in [0.25, 0.3) is 11.3 Å². The van der Waals surface area contributed by atoms with Crippen LogP contribution in [0, 0.1) is 12.8 Å². The molecule has 2 saturated carbocycles. The van der Waals surface area contributed by atoms with Crippen LogP contribution in [0.15, 0.2) is 12.4 Å². The van der Waals surface area contributed by atoms with Crippen LogP contribution in [0.5, 0.6) is 5.88 Å². The Bertz CT molecular complexity index is 887. The molecule has 2 heterocycles. The van der Waals surface area contributed by atoms with Crippen molar-refractivity contribution in [1.82, 2.24) is 24.6 Å². The zero-order chi connectivity index (χ0) is 21.1. The van der Waals surface area contributed by atoms with Gasteiger partial charge in [0.15, 0.2) is 0 Å². The van der Waals surface area contributed by atoms with Crippen LogP contribution in [0.2, 0.25) is 0 Å². The number of hydrogen-bond acceptors (Lipinski definition) is 6. The van der Waals surface area contributed by atoms with Crippen LogP contribution in [-0.4, -0.2) is 50.4 Å². The normalized spacial score (nSPS) is 17.0. The molecule has 0 aliphatic heterocycles. The molecule has 30 heavy (non-hydrogen) atoms. The quantitative estimate of drug-likeness (QED) is 0.685. The van der Waals surface area contributed by atoms with Gasteiger partial charge in [0, 0.05) is 26.2 Å². The third kappa shape index (κ3) is 4.57. The van der Waals surface area contributed by atoms with Crippen LogP contribution in [0.1, 0.15) is 56.3 Å². The molecule has 8 nitrogen and oxygen atoms in total. The summed E-state index contributed by atoms with van der Waals surface area (Å²) in [6.45, 7) is 2.80. The highest BCUT2D eigenvalue weighted by Gasteiger charge is 2.23. The molecule has 0 saturated heterocycles. The van der Waals surface area contributed by atoms with E-state index in [1.165, 1.54) is 32.1 Å². The van der Waals surface area contributed by atoms with Crippen LogP contribution in [-0.2, 0) is 18.4 Å². The lowest BCUT2D eigenvalue weighted by atomic mass is 9.85. The molecule has 8 heteroatoms. The molecule has 0 radical (unpaired) electrons. The van der Waals surface area contributed by atoms with Crippen molar-refractivity contribution in [2.75, 3.05) is 13.6 Å². The van der Waals surface area contributed by atoms with Gasteiger partial charge in [0.25, 0.3) is 0 Å². The Hall–Kier alpha value is -2.64. The molecule has 0 spiro atoms. The van der Waals surface area contributed by atoms with Gasteiger partial charge in [-0.2, -0.15) is 5.10 Å². The van der Waals surface area contributed by atoms with Crippen LogP contribution in [0.3, 0.4) is 0 Å². The number of aromatic nitrogens is 4. The fourth-order valence-corrected chi connectivity index (χ4v) is 4.11. The lowest BCUT2D eigenvalue weighted by Crippen LogP contribution is -2.34. The van der Waals surface area contributed by atoms with Crippen molar-refractivity contribution >= 4 is 6.09 Å². The highest BCUT2D eigenvalue weighted by atomic mass is 16.6. The second kappa shape index (κ2) is 9.02. The van der Waals surface area contributed by atoms with Crippen molar-refractivity contribution in [3.8, 4) is 17.1 Å². The molecular formula is C22H31N5O3. The zero-order valence-corrected chi connectivity index (χ0v) is 18.1. The lowest BCUT2D eigenvalue weighted by molar-refractivity contribution is 0.0913. The predicted octanol–water partition coefficient (Wildman–Crippen LogP) is 3.88. The standard InChI is InChI=1S/C22H31N5O3/c1-15-21(30-17-9-4-5-10-17)23-12-19(25-15)18-11-24-27(3)20(18)14-29-22(28)26(2)13-16-7-6-8-16/h11-12,16-17H,4-10,13-14H2,1-3H3. The van der Waals surface area contributed by atoms with E-state index in [-0.39, 0.29) is 18.8 Å². The number of rotatable bonds is 7. The Balaban J connectivity index is 1.42. The number of ether oxygens (including phenoxy) is 2. The Labute approximate surface area is 177 Å². The average molecular weight is 414 g/mol. The first-order valence-electron chi connectivity index (χ1n) is 10.9. The minimum Gasteiger partial charge on any atom is -0.473 e. The topological polar surface area (TPSA) is 82.4 Å². The molecular weight excluding hydrogens is 382 g/mol. The average Bonchev–Trinajstić information content (AvgIpc) is 3.34. The Morgan fingerprint density at radius 2 is 1.97 bits per heavy atom. The van der Waals surface area contributed by atoms with Crippen LogP contribution in [0.4, 0.5) is 4.79 Å². The molecule has 2 aromatic heterocycles. The van der Waals surface area contributed by atoms with Crippen LogP contribution >= 0.6 is 0 Å². The van der Waals surface area contributed by atoms with Gasteiger partial charge >= 0.3 is 6.09 Å². The number of amides is 1. The molecule has 0 N–H and O–H groups in total. The van der Waals surface area contributed by atoms with Gasteiger partial charge in [0.05, 0.1) is 23.8 Å². The maximum Gasteiger partial charge on any atom is 0.409 e. The van der Waals surface area contributed by atoms with Gasteiger partial charge in [-0.15, -0.1) is 0 Å². The van der Waals surface area contributed by atoms with E-state index in [0.29, 0.717) is 17.5 Å². The maximum atomic E-state index is 12.4. The summed E-state index contributed by atoms with van der Waals surface area (Å²) in [6.07, 6.45) is 11.6. The highest BCUT2D eigenvalue weighted by molar-refractivity contribution is 5.68. The highest BCUT2D eigenvalue weighted by Crippen LogP contribution is 2.28. The van der Waals surface area contributed by atoms with Crippen LogP contribution < -0.4 is 4.74 Å². The Kier molecular flexibility index (Phi) is 6.20. The summed E-state index contributed by atoms with van der Waals surface area (Å²) < 4.78 is 13.3. The first-order valence-corrected chi connectivity index (χ1v) is 10.9. The molecule has 2 aliphatic rings. The van der Waals surface area contributed by atoms with Crippen molar-refractivity contribution in [2.24, 2.45) is 13.0 Å². The van der Waals surface area contributed by atoms with Crippen molar-refractivity contribution < 1.29 is 14.3 Å². The molecule has 0 bridgehead atoms. The number of carbonyl (C=O) groups is 1. The number of carbonyl (C=O) groups excluding carboxylic acids is 1. The number of aryl methyl sites for hydroxylation is 2. The monoisotopic (exact) mass is 413 g/mol. The Morgan fingerprint density at radius 1 is 1.20 bits per heavy atom. The van der Waals surface area contributed by atoms with E-state index < -0.39 is 0 Å². The summed E-state index contributed by atoms with van der Waals surface area (Å²) >= 11 is 0. The van der Waals surface area contributed by atoms with E-state index in [1.54, 1.807) is 29.0 Å². The summed E-state index contributed by atoms with van der Waals surface area (Å²) in [7, 11) is 3.63. The summed E-state index contributed by atoms with van der Waals surface area (Å²) in [6, 6.07) is 0. The number of hydrogen-bond donors (Lipinski definition) is 0. The van der Waals surface area contributed by atoms with E-state index in [9.17, 15) is 4.79 Å². The van der Waals surface area contributed by atoms with E-state index in [4.69, 9.17) is 9.47 Å². The minimum absolute atomic E-state index is 0.140. The summed E-state index contributed by atoms with van der Waals surface area (Å²) in [5.41, 5.74) is 3.06. The van der Waals surface area contributed by atoms with Gasteiger partial charge in [-0.3, -0.25) is 4.68 Å². The van der Waals surface area contributed by atoms with E-state index >= 15 is 0 Å². The van der Waals surface area contributed by atoms with Crippen molar-refractivity contribution in [1.29, 1.82) is 0 Å². The van der Waals surface area contributed by atoms with Crippen molar-refractivity contribution in [3.05, 3.63) is 23.8 Å². The van der Waals surface area contributed by atoms with Crippen molar-refractivity contribution in [3.63, 3.8) is 0 Å². The molecule has 2 fully saturated rings. The van der Waals surface area contributed by atoms with E-state index in [2.05, 4.69) is 15.1 Å². The van der Waals surface area contributed by atoms with Gasteiger partial charge in [-0.05, 0) is 51.4 Å². The minimum atomic E-state index is -0.309. The van der Waals surface area contributed by atoms with Gasteiger partial charge in [0.2, 0.25) is 5.88 Å². The van der Waals surface area contributed by atoms with Gasteiger partial charge in [-0.25, -0.2) is 14.8 Å². The summed E-state index contributed by atoms with van der Waals surface area (Å²) in [4.78, 5) is 23.2.